The Morgan fingerprint density at radius 1 is 1.19 bits per heavy atom. The topological polar surface area (TPSA) is 132 Å². The van der Waals surface area contributed by atoms with Crippen LogP contribution in [0.25, 0.3) is 5.69 Å². The summed E-state index contributed by atoms with van der Waals surface area (Å²) in [7, 11) is 0. The van der Waals surface area contributed by atoms with Gasteiger partial charge < -0.3 is 15.8 Å². The Bertz CT molecular complexity index is 867. The Labute approximate surface area is 156 Å². The van der Waals surface area contributed by atoms with E-state index in [0.29, 0.717) is 17.9 Å². The zero-order chi connectivity index (χ0) is 19.8. The van der Waals surface area contributed by atoms with Crippen LogP contribution in [0.3, 0.4) is 0 Å². The molecule has 1 heterocycles. The number of carbonyl (C=O) groups excluding carboxylic acids is 2. The minimum Gasteiger partial charge on any atom is -0.466 e. The molecule has 0 fully saturated rings. The van der Waals surface area contributed by atoms with Crippen LogP contribution in [0, 0.1) is 5.41 Å². The fraction of sp³-hybridized carbons (Fsp3) is 0.333. The van der Waals surface area contributed by atoms with E-state index in [1.165, 1.54) is 9.13 Å². The molecule has 0 aliphatic heterocycles. The van der Waals surface area contributed by atoms with Crippen molar-refractivity contribution in [2.24, 2.45) is 5.73 Å². The van der Waals surface area contributed by atoms with Gasteiger partial charge in [-0.2, -0.15) is 0 Å². The molecule has 27 heavy (non-hydrogen) atoms. The summed E-state index contributed by atoms with van der Waals surface area (Å²) in [6.45, 7) is 2.46. The summed E-state index contributed by atoms with van der Waals surface area (Å²) in [4.78, 5) is 35.5. The van der Waals surface area contributed by atoms with Gasteiger partial charge in [-0.3, -0.25) is 24.1 Å². The van der Waals surface area contributed by atoms with Crippen molar-refractivity contribution < 1.29 is 14.3 Å². The summed E-state index contributed by atoms with van der Waals surface area (Å²) >= 11 is 0. The van der Waals surface area contributed by atoms with E-state index < -0.39 is 0 Å². The number of esters is 1. The lowest BCUT2D eigenvalue weighted by atomic mass is 10.2. The third kappa shape index (κ3) is 5.56. The maximum atomic E-state index is 12.4. The van der Waals surface area contributed by atoms with Crippen molar-refractivity contribution in [3.8, 4) is 5.69 Å². The summed E-state index contributed by atoms with van der Waals surface area (Å²) in [5.74, 6) is -0.646. The molecule has 1 aromatic heterocycles. The average Bonchev–Trinajstić information content (AvgIpc) is 3.01. The Balaban J connectivity index is 1.90. The van der Waals surface area contributed by atoms with Gasteiger partial charge in [0, 0.05) is 37.5 Å². The molecule has 9 heteroatoms. The molecular formula is C18H23N5O4. The van der Waals surface area contributed by atoms with Crippen molar-refractivity contribution in [3.05, 3.63) is 52.7 Å². The van der Waals surface area contributed by atoms with Gasteiger partial charge in [-0.15, -0.1) is 0 Å². The van der Waals surface area contributed by atoms with Crippen molar-refractivity contribution in [2.45, 2.75) is 26.3 Å². The Morgan fingerprint density at radius 3 is 2.52 bits per heavy atom. The van der Waals surface area contributed by atoms with E-state index >= 15 is 0 Å². The van der Waals surface area contributed by atoms with Gasteiger partial charge in [0.05, 0.1) is 18.7 Å². The molecule has 2 rings (SSSR count). The van der Waals surface area contributed by atoms with E-state index in [9.17, 15) is 14.4 Å². The highest BCUT2D eigenvalue weighted by Crippen LogP contribution is 2.07. The first-order valence-corrected chi connectivity index (χ1v) is 8.57. The van der Waals surface area contributed by atoms with Gasteiger partial charge in [0.2, 0.25) is 5.91 Å². The number of ether oxygens (including phenoxy) is 1. The van der Waals surface area contributed by atoms with Crippen molar-refractivity contribution in [1.82, 2.24) is 14.5 Å². The Hall–Kier alpha value is -3.36. The lowest BCUT2D eigenvalue weighted by Gasteiger charge is -2.06. The first kappa shape index (κ1) is 20.0. The number of nitrogens with one attached hydrogen (secondary N) is 2. The highest BCUT2D eigenvalue weighted by molar-refractivity contribution is 5.95. The quantitative estimate of drug-likeness (QED) is 0.332. The second-order valence-corrected chi connectivity index (χ2v) is 5.76. The number of nitrogens with zero attached hydrogens (tertiary/aromatic N) is 2. The highest BCUT2D eigenvalue weighted by atomic mass is 16.5. The number of amidine groups is 1. The second kappa shape index (κ2) is 9.37. The summed E-state index contributed by atoms with van der Waals surface area (Å²) in [6.07, 6.45) is 3.46. The summed E-state index contributed by atoms with van der Waals surface area (Å²) in [6, 6.07) is 6.73. The predicted octanol–water partition coefficient (Wildman–Crippen LogP) is 0.383. The molecule has 0 bridgehead atoms. The number of aromatic nitrogens is 2. The van der Waals surface area contributed by atoms with E-state index in [4.69, 9.17) is 15.9 Å². The number of nitrogens with two attached hydrogens (primary N) is 1. The molecule has 144 valence electrons. The second-order valence-electron chi connectivity index (χ2n) is 5.76. The van der Waals surface area contributed by atoms with E-state index in [1.807, 2.05) is 0 Å². The monoisotopic (exact) mass is 373 g/mol. The van der Waals surface area contributed by atoms with Crippen LogP contribution in [0.1, 0.15) is 25.3 Å². The zero-order valence-corrected chi connectivity index (χ0v) is 15.1. The first-order valence-electron chi connectivity index (χ1n) is 8.57. The maximum Gasteiger partial charge on any atom is 0.332 e. The molecule has 4 N–H and O–H groups in total. The van der Waals surface area contributed by atoms with Crippen LogP contribution in [0.4, 0.5) is 0 Å². The van der Waals surface area contributed by atoms with E-state index in [0.717, 1.165) is 0 Å². The van der Waals surface area contributed by atoms with Crippen LogP contribution < -0.4 is 16.7 Å². The molecule has 0 spiro atoms. The standard InChI is InChI=1S/C18H23N5O4/c1-2-27-16(25)7-9-21-15(24)8-10-22-11-12-23(18(22)26)14-5-3-13(4-6-14)17(19)20/h3-6,11-12H,2,7-10H2,1H3,(H3,19,20)(H,21,24). The van der Waals surface area contributed by atoms with Crippen LogP contribution in [0.5, 0.6) is 0 Å². The minimum atomic E-state index is -0.359. The third-order valence-corrected chi connectivity index (χ3v) is 3.84. The van der Waals surface area contributed by atoms with E-state index in [1.54, 1.807) is 43.6 Å². The normalized spacial score (nSPS) is 10.4. The first-order chi connectivity index (χ1) is 12.9. The van der Waals surface area contributed by atoms with Crippen molar-refractivity contribution in [1.29, 1.82) is 5.41 Å². The maximum absolute atomic E-state index is 12.4. The van der Waals surface area contributed by atoms with Crippen LogP contribution in [0.2, 0.25) is 0 Å². The highest BCUT2D eigenvalue weighted by Gasteiger charge is 2.09. The van der Waals surface area contributed by atoms with Gasteiger partial charge in [0.25, 0.3) is 0 Å². The van der Waals surface area contributed by atoms with Gasteiger partial charge in [-0.1, -0.05) is 0 Å². The van der Waals surface area contributed by atoms with Crippen LogP contribution in [0.15, 0.2) is 41.5 Å². The lowest BCUT2D eigenvalue weighted by molar-refractivity contribution is -0.143. The van der Waals surface area contributed by atoms with Gasteiger partial charge in [0.15, 0.2) is 0 Å². The number of amides is 1. The molecule has 0 aliphatic carbocycles. The van der Waals surface area contributed by atoms with Gasteiger partial charge >= 0.3 is 11.7 Å². The van der Waals surface area contributed by atoms with Crippen molar-refractivity contribution in [3.63, 3.8) is 0 Å². The van der Waals surface area contributed by atoms with E-state index in [-0.39, 0.29) is 49.3 Å². The molecule has 0 aliphatic rings. The molecule has 0 saturated carbocycles. The third-order valence-electron chi connectivity index (χ3n) is 3.84. The van der Waals surface area contributed by atoms with Gasteiger partial charge in [-0.25, -0.2) is 4.79 Å². The average molecular weight is 373 g/mol. The smallest absolute Gasteiger partial charge is 0.332 e. The fourth-order valence-electron chi connectivity index (χ4n) is 2.43. The number of imidazole rings is 1. The molecule has 9 nitrogen and oxygen atoms in total. The van der Waals surface area contributed by atoms with Crippen molar-refractivity contribution >= 4 is 17.7 Å². The molecule has 1 amide bonds. The summed E-state index contributed by atoms with van der Waals surface area (Å²) in [5, 5.41) is 10.0. The lowest BCUT2D eigenvalue weighted by Crippen LogP contribution is -2.29. The number of hydrogen-bond donors (Lipinski definition) is 3. The van der Waals surface area contributed by atoms with Crippen LogP contribution in [-0.2, 0) is 20.9 Å². The van der Waals surface area contributed by atoms with E-state index in [2.05, 4.69) is 5.32 Å². The number of rotatable bonds is 9. The number of benzene rings is 1. The zero-order valence-electron chi connectivity index (χ0n) is 15.1. The molecule has 0 atom stereocenters. The SMILES string of the molecule is CCOC(=O)CCNC(=O)CCn1ccn(-c2ccc(C(=N)N)cc2)c1=O. The number of nitrogen functional groups attached to an aromatic ring is 1. The Kier molecular flexibility index (Phi) is 6.93. The van der Waals surface area contributed by atoms with Crippen LogP contribution in [-0.4, -0.2) is 40.0 Å². The summed E-state index contributed by atoms with van der Waals surface area (Å²) < 4.78 is 7.66. The minimum absolute atomic E-state index is 0.0413. The molecule has 0 saturated heterocycles. The number of aryl methyl sites for hydroxylation is 1. The molecule has 2 aromatic rings. The fourth-order valence-corrected chi connectivity index (χ4v) is 2.43. The molecule has 0 unspecified atom stereocenters. The molecule has 0 radical (unpaired) electrons. The molecule has 1 aromatic carbocycles. The van der Waals surface area contributed by atoms with Gasteiger partial charge in [0.1, 0.15) is 5.84 Å². The largest absolute Gasteiger partial charge is 0.466 e. The van der Waals surface area contributed by atoms with Gasteiger partial charge in [-0.05, 0) is 31.2 Å². The van der Waals surface area contributed by atoms with Crippen molar-refractivity contribution in [2.75, 3.05) is 13.2 Å². The number of carbonyl (C=O) groups is 2. The Morgan fingerprint density at radius 2 is 1.89 bits per heavy atom. The number of hydrogen-bond acceptors (Lipinski definition) is 5. The predicted molar refractivity (Wildman–Crippen MR) is 99.9 cm³/mol. The van der Waals surface area contributed by atoms with Crippen LogP contribution >= 0.6 is 0 Å². The summed E-state index contributed by atoms with van der Waals surface area (Å²) in [5.41, 5.74) is 6.36. The molecular weight excluding hydrogens is 350 g/mol.